The number of hydrogen-bond acceptors (Lipinski definition) is 5. The Kier molecular flexibility index (Phi) is 3.71. The van der Waals surface area contributed by atoms with Gasteiger partial charge in [-0.15, -0.1) is 0 Å². The molecule has 6 heteroatoms. The van der Waals surface area contributed by atoms with Crippen LogP contribution in [-0.4, -0.2) is 22.0 Å². The first-order chi connectivity index (χ1) is 8.89. The molecule has 0 saturated carbocycles. The Balaban J connectivity index is 2.28. The van der Waals surface area contributed by atoms with Crippen LogP contribution in [0.15, 0.2) is 18.2 Å². The summed E-state index contributed by atoms with van der Waals surface area (Å²) in [6.07, 6.45) is 0. The van der Waals surface area contributed by atoms with E-state index < -0.39 is 5.82 Å². The molecule has 1 heterocycles. The fourth-order valence-electron chi connectivity index (χ4n) is 1.51. The minimum atomic E-state index is -0.394. The average molecular weight is 281 g/mol. The third-order valence-electron chi connectivity index (χ3n) is 2.32. The summed E-state index contributed by atoms with van der Waals surface area (Å²) >= 11 is 1.28. The zero-order valence-electron chi connectivity index (χ0n) is 11.3. The van der Waals surface area contributed by atoms with Gasteiger partial charge in [-0.25, -0.2) is 4.39 Å². The van der Waals surface area contributed by atoms with Crippen molar-refractivity contribution in [2.45, 2.75) is 26.3 Å². The molecule has 0 aliphatic carbocycles. The lowest BCUT2D eigenvalue weighted by molar-refractivity contribution is 0.387. The molecule has 2 rings (SSSR count). The molecule has 102 valence electrons. The average Bonchev–Trinajstić information content (AvgIpc) is 2.75. The number of methoxy groups -OCH3 is 1. The summed E-state index contributed by atoms with van der Waals surface area (Å²) in [5, 5.41) is 3.99. The summed E-state index contributed by atoms with van der Waals surface area (Å²) in [5.41, 5.74) is 0.661. The standard InChI is InChI=1S/C13H16FN3OS/c1-13(2,3)16-12-15-11(17-19-12)8-5-6-9(14)10(7-8)18-4/h5-7H,1-4H3,(H,15,16,17). The summed E-state index contributed by atoms with van der Waals surface area (Å²) in [6.45, 7) is 6.15. The second-order valence-corrected chi connectivity index (χ2v) is 5.90. The molecule has 0 bridgehead atoms. The zero-order chi connectivity index (χ0) is 14.0. The minimum absolute atomic E-state index is 0.0721. The summed E-state index contributed by atoms with van der Waals surface area (Å²) in [4.78, 5) is 4.39. The Morgan fingerprint density at radius 1 is 1.32 bits per heavy atom. The minimum Gasteiger partial charge on any atom is -0.494 e. The van der Waals surface area contributed by atoms with E-state index in [0.717, 1.165) is 10.7 Å². The summed E-state index contributed by atoms with van der Waals surface area (Å²) in [5.74, 6) is 0.363. The predicted molar refractivity (Wildman–Crippen MR) is 75.2 cm³/mol. The summed E-state index contributed by atoms with van der Waals surface area (Å²) in [6, 6.07) is 4.59. The number of rotatable bonds is 3. The number of ether oxygens (including phenoxy) is 1. The highest BCUT2D eigenvalue weighted by Gasteiger charge is 2.14. The van der Waals surface area contributed by atoms with E-state index >= 15 is 0 Å². The van der Waals surface area contributed by atoms with Gasteiger partial charge < -0.3 is 10.1 Å². The smallest absolute Gasteiger partial charge is 0.203 e. The van der Waals surface area contributed by atoms with Crippen LogP contribution in [0.2, 0.25) is 0 Å². The van der Waals surface area contributed by atoms with Crippen molar-refractivity contribution in [3.05, 3.63) is 24.0 Å². The molecular weight excluding hydrogens is 265 g/mol. The van der Waals surface area contributed by atoms with Crippen molar-refractivity contribution in [1.82, 2.24) is 9.36 Å². The van der Waals surface area contributed by atoms with E-state index in [1.807, 2.05) is 0 Å². The number of nitrogens with zero attached hydrogens (tertiary/aromatic N) is 2. The highest BCUT2D eigenvalue weighted by molar-refractivity contribution is 7.09. The molecular formula is C13H16FN3OS. The van der Waals surface area contributed by atoms with E-state index in [9.17, 15) is 4.39 Å². The molecule has 0 atom stereocenters. The van der Waals surface area contributed by atoms with Gasteiger partial charge in [-0.2, -0.15) is 9.36 Å². The van der Waals surface area contributed by atoms with Crippen LogP contribution in [0, 0.1) is 5.82 Å². The number of anilines is 1. The monoisotopic (exact) mass is 281 g/mol. The molecule has 19 heavy (non-hydrogen) atoms. The van der Waals surface area contributed by atoms with E-state index in [1.54, 1.807) is 12.1 Å². The maximum atomic E-state index is 13.3. The van der Waals surface area contributed by atoms with Crippen molar-refractivity contribution >= 4 is 16.7 Å². The van der Waals surface area contributed by atoms with Crippen LogP contribution in [0.4, 0.5) is 9.52 Å². The van der Waals surface area contributed by atoms with E-state index in [0.29, 0.717) is 5.82 Å². The zero-order valence-corrected chi connectivity index (χ0v) is 12.1. The molecule has 1 N–H and O–H groups in total. The SMILES string of the molecule is COc1cc(-c2nsc(NC(C)(C)C)n2)ccc1F. The highest BCUT2D eigenvalue weighted by atomic mass is 32.1. The van der Waals surface area contributed by atoms with E-state index in [-0.39, 0.29) is 11.3 Å². The van der Waals surface area contributed by atoms with Gasteiger partial charge in [0.05, 0.1) is 7.11 Å². The first-order valence-corrected chi connectivity index (χ1v) is 6.62. The Morgan fingerprint density at radius 3 is 2.68 bits per heavy atom. The van der Waals surface area contributed by atoms with Crippen LogP contribution in [-0.2, 0) is 0 Å². The van der Waals surface area contributed by atoms with Crippen LogP contribution < -0.4 is 10.1 Å². The molecule has 0 spiro atoms. The first-order valence-electron chi connectivity index (χ1n) is 5.85. The van der Waals surface area contributed by atoms with Gasteiger partial charge in [-0.1, -0.05) is 0 Å². The maximum Gasteiger partial charge on any atom is 0.203 e. The van der Waals surface area contributed by atoms with Crippen molar-refractivity contribution in [3.8, 4) is 17.1 Å². The number of benzene rings is 1. The van der Waals surface area contributed by atoms with Gasteiger partial charge in [-0.3, -0.25) is 0 Å². The Labute approximate surface area is 115 Å². The second kappa shape index (κ2) is 5.13. The molecule has 0 aliphatic rings. The fourth-order valence-corrected chi connectivity index (χ4v) is 2.31. The predicted octanol–water partition coefficient (Wildman–Crippen LogP) is 3.56. The van der Waals surface area contributed by atoms with Crippen LogP contribution in [0.25, 0.3) is 11.4 Å². The lowest BCUT2D eigenvalue weighted by Crippen LogP contribution is -2.25. The molecule has 0 aliphatic heterocycles. The van der Waals surface area contributed by atoms with Gasteiger partial charge >= 0.3 is 0 Å². The third kappa shape index (κ3) is 3.41. The number of nitrogens with one attached hydrogen (secondary N) is 1. The van der Waals surface area contributed by atoms with E-state index in [4.69, 9.17) is 4.74 Å². The maximum absolute atomic E-state index is 13.3. The van der Waals surface area contributed by atoms with Crippen LogP contribution in [0.5, 0.6) is 5.75 Å². The van der Waals surface area contributed by atoms with Crippen molar-refractivity contribution in [1.29, 1.82) is 0 Å². The normalized spacial score (nSPS) is 11.4. The van der Waals surface area contributed by atoms with Gasteiger partial charge in [-0.05, 0) is 39.0 Å². The highest BCUT2D eigenvalue weighted by Crippen LogP contribution is 2.27. The molecule has 0 radical (unpaired) electrons. The molecule has 2 aromatic rings. The van der Waals surface area contributed by atoms with Gasteiger partial charge in [0.1, 0.15) is 0 Å². The van der Waals surface area contributed by atoms with Crippen molar-refractivity contribution < 1.29 is 9.13 Å². The topological polar surface area (TPSA) is 47.0 Å². The van der Waals surface area contributed by atoms with Crippen molar-refractivity contribution in [3.63, 3.8) is 0 Å². The molecule has 0 fully saturated rings. The first kappa shape index (κ1) is 13.7. The molecule has 0 amide bonds. The number of halogens is 1. The van der Waals surface area contributed by atoms with Gasteiger partial charge in [0.2, 0.25) is 5.13 Å². The lowest BCUT2D eigenvalue weighted by Gasteiger charge is -2.18. The Bertz CT molecular complexity index is 578. The number of aromatic nitrogens is 2. The number of hydrogen-bond donors (Lipinski definition) is 1. The quantitative estimate of drug-likeness (QED) is 0.934. The molecule has 1 aromatic carbocycles. The van der Waals surface area contributed by atoms with Gasteiger partial charge in [0.15, 0.2) is 17.4 Å². The lowest BCUT2D eigenvalue weighted by atomic mass is 10.1. The molecule has 4 nitrogen and oxygen atoms in total. The molecule has 1 aromatic heterocycles. The Morgan fingerprint density at radius 2 is 2.05 bits per heavy atom. The van der Waals surface area contributed by atoms with Crippen LogP contribution in [0.1, 0.15) is 20.8 Å². The third-order valence-corrected chi connectivity index (χ3v) is 2.95. The van der Waals surface area contributed by atoms with Gasteiger partial charge in [0.25, 0.3) is 0 Å². The molecule has 0 unspecified atom stereocenters. The fraction of sp³-hybridized carbons (Fsp3) is 0.385. The summed E-state index contributed by atoms with van der Waals surface area (Å²) in [7, 11) is 1.43. The van der Waals surface area contributed by atoms with Crippen LogP contribution in [0.3, 0.4) is 0 Å². The van der Waals surface area contributed by atoms with E-state index in [2.05, 4.69) is 35.4 Å². The van der Waals surface area contributed by atoms with E-state index in [1.165, 1.54) is 24.7 Å². The molecule has 0 saturated heterocycles. The van der Waals surface area contributed by atoms with Gasteiger partial charge in [0, 0.05) is 22.6 Å². The largest absolute Gasteiger partial charge is 0.494 e. The van der Waals surface area contributed by atoms with Crippen molar-refractivity contribution in [2.75, 3.05) is 12.4 Å². The Hall–Kier alpha value is -1.69. The van der Waals surface area contributed by atoms with Crippen LogP contribution >= 0.6 is 11.5 Å². The summed E-state index contributed by atoms with van der Waals surface area (Å²) < 4.78 is 22.6. The second-order valence-electron chi connectivity index (χ2n) is 5.15. The van der Waals surface area contributed by atoms with Crippen molar-refractivity contribution in [2.24, 2.45) is 0 Å².